The van der Waals surface area contributed by atoms with Crippen LogP contribution in [0, 0.1) is 11.3 Å². The minimum Gasteiger partial charge on any atom is -0.480 e. The van der Waals surface area contributed by atoms with Crippen molar-refractivity contribution in [2.45, 2.75) is 25.0 Å². The van der Waals surface area contributed by atoms with Gasteiger partial charge in [0.1, 0.15) is 0 Å². The first-order chi connectivity index (χ1) is 12.6. The molecular weight excluding hydrogens is 352 g/mol. The number of nitrogens with zero attached hydrogens (tertiary/aromatic N) is 3. The lowest BCUT2D eigenvalue weighted by atomic mass is 10.1. The Bertz CT molecular complexity index is 697. The molecule has 138 valence electrons. The maximum Gasteiger partial charge on any atom is 0.317 e. The monoisotopic (exact) mass is 374 g/mol. The molecule has 1 aromatic rings. The fourth-order valence-electron chi connectivity index (χ4n) is 3.40. The Morgan fingerprint density at radius 2 is 2.15 bits per heavy atom. The molecule has 0 bridgehead atoms. The number of thioether (sulfide) groups is 1. The van der Waals surface area contributed by atoms with Crippen LogP contribution in [-0.4, -0.2) is 70.1 Å². The van der Waals surface area contributed by atoms with Gasteiger partial charge in [0.2, 0.25) is 5.91 Å². The van der Waals surface area contributed by atoms with Gasteiger partial charge in [-0.2, -0.15) is 5.26 Å². The van der Waals surface area contributed by atoms with Gasteiger partial charge in [-0.3, -0.25) is 14.5 Å². The van der Waals surface area contributed by atoms with Crippen molar-refractivity contribution >= 4 is 23.6 Å². The lowest BCUT2D eigenvalue weighted by molar-refractivity contribution is -0.139. The topological polar surface area (TPSA) is 96.7 Å². The molecule has 1 amide bonds. The molecule has 0 saturated carbocycles. The normalized spacial score (nSPS) is 22.5. The van der Waals surface area contributed by atoms with Crippen molar-refractivity contribution in [2.75, 3.05) is 31.3 Å². The van der Waals surface area contributed by atoms with E-state index in [1.165, 1.54) is 0 Å². The maximum atomic E-state index is 12.6. The molecular formula is C18H22N4O3S. The van der Waals surface area contributed by atoms with Crippen molar-refractivity contribution in [3.63, 3.8) is 0 Å². The number of carbonyl (C=O) groups excluding carboxylic acids is 1. The van der Waals surface area contributed by atoms with E-state index in [0.717, 1.165) is 23.7 Å². The van der Waals surface area contributed by atoms with E-state index < -0.39 is 5.97 Å². The highest BCUT2D eigenvalue weighted by Gasteiger charge is 2.36. The van der Waals surface area contributed by atoms with Gasteiger partial charge in [0.15, 0.2) is 0 Å². The summed E-state index contributed by atoms with van der Waals surface area (Å²) in [5.41, 5.74) is 1.53. The minimum absolute atomic E-state index is 0.00838. The third-order valence-corrected chi connectivity index (χ3v) is 5.76. The summed E-state index contributed by atoms with van der Waals surface area (Å²) in [5.74, 6) is 0.952. The van der Waals surface area contributed by atoms with Crippen LogP contribution in [0.4, 0.5) is 0 Å². The number of hydrogen-bond acceptors (Lipinski definition) is 6. The number of benzene rings is 1. The molecule has 2 aliphatic rings. The zero-order chi connectivity index (χ0) is 18.5. The molecule has 2 N–H and O–H groups in total. The fraction of sp³-hybridized carbons (Fsp3) is 0.500. The summed E-state index contributed by atoms with van der Waals surface area (Å²) < 4.78 is 0. The third-order valence-electron chi connectivity index (χ3n) is 4.79. The Labute approximate surface area is 157 Å². The van der Waals surface area contributed by atoms with Crippen LogP contribution >= 0.6 is 11.8 Å². The summed E-state index contributed by atoms with van der Waals surface area (Å²) in [6.07, 6.45) is 0.615. The van der Waals surface area contributed by atoms with Crippen molar-refractivity contribution in [3.8, 4) is 6.07 Å². The summed E-state index contributed by atoms with van der Waals surface area (Å²) in [5, 5.41) is 21.4. The van der Waals surface area contributed by atoms with Crippen molar-refractivity contribution in [2.24, 2.45) is 0 Å². The molecule has 7 nitrogen and oxygen atoms in total. The maximum absolute atomic E-state index is 12.6. The second-order valence-corrected chi connectivity index (χ2v) is 7.67. The van der Waals surface area contributed by atoms with Crippen molar-refractivity contribution < 1.29 is 14.7 Å². The van der Waals surface area contributed by atoms with Crippen LogP contribution in [0.2, 0.25) is 0 Å². The first kappa shape index (κ1) is 18.7. The molecule has 2 fully saturated rings. The van der Waals surface area contributed by atoms with Gasteiger partial charge in [-0.1, -0.05) is 12.1 Å². The standard InChI is InChI=1S/C18H22N4O3S/c19-8-13-1-3-14(4-2-13)10-22(11-17(23)24)15-7-16(20-9-15)18(25)21-5-6-26-12-21/h1-4,15-16,20H,5-7,9-12H2,(H,23,24)/t15-,16-/m0/s1. The Balaban J connectivity index is 1.64. The van der Waals surface area contributed by atoms with Crippen molar-refractivity contribution in [1.29, 1.82) is 5.26 Å². The van der Waals surface area contributed by atoms with Gasteiger partial charge in [0, 0.05) is 31.4 Å². The van der Waals surface area contributed by atoms with Crippen LogP contribution in [0.5, 0.6) is 0 Å². The van der Waals surface area contributed by atoms with Crippen LogP contribution < -0.4 is 5.32 Å². The zero-order valence-electron chi connectivity index (χ0n) is 14.4. The fourth-order valence-corrected chi connectivity index (χ4v) is 4.35. The lowest BCUT2D eigenvalue weighted by Gasteiger charge is -2.27. The molecule has 26 heavy (non-hydrogen) atoms. The van der Waals surface area contributed by atoms with Crippen LogP contribution in [0.15, 0.2) is 24.3 Å². The average molecular weight is 374 g/mol. The number of amides is 1. The molecule has 2 atom stereocenters. The second kappa shape index (κ2) is 8.54. The molecule has 0 spiro atoms. The number of nitrogens with one attached hydrogen (secondary N) is 1. The van der Waals surface area contributed by atoms with E-state index in [2.05, 4.69) is 11.4 Å². The molecule has 2 saturated heterocycles. The van der Waals surface area contributed by atoms with Crippen molar-refractivity contribution in [1.82, 2.24) is 15.1 Å². The molecule has 0 aromatic heterocycles. The summed E-state index contributed by atoms with van der Waals surface area (Å²) in [7, 11) is 0. The van der Waals surface area contributed by atoms with Gasteiger partial charge in [0.25, 0.3) is 0 Å². The molecule has 0 unspecified atom stereocenters. The van der Waals surface area contributed by atoms with Gasteiger partial charge in [-0.05, 0) is 24.1 Å². The number of carbonyl (C=O) groups is 2. The number of aliphatic carboxylic acids is 1. The van der Waals surface area contributed by atoms with E-state index in [4.69, 9.17) is 5.26 Å². The number of nitriles is 1. The highest BCUT2D eigenvalue weighted by atomic mass is 32.2. The highest BCUT2D eigenvalue weighted by molar-refractivity contribution is 7.99. The van der Waals surface area contributed by atoms with Crippen molar-refractivity contribution in [3.05, 3.63) is 35.4 Å². The Hall–Kier alpha value is -2.08. The molecule has 2 aliphatic heterocycles. The summed E-state index contributed by atoms with van der Waals surface area (Å²) >= 11 is 1.76. The third kappa shape index (κ3) is 4.55. The van der Waals surface area contributed by atoms with E-state index in [-0.39, 0.29) is 24.5 Å². The molecule has 0 radical (unpaired) electrons. The molecule has 2 heterocycles. The first-order valence-corrected chi connectivity index (χ1v) is 9.77. The summed E-state index contributed by atoms with van der Waals surface area (Å²) in [6.45, 7) is 1.79. The van der Waals surface area contributed by atoms with Crippen LogP contribution in [0.3, 0.4) is 0 Å². The van der Waals surface area contributed by atoms with Gasteiger partial charge in [0.05, 0.1) is 30.1 Å². The van der Waals surface area contributed by atoms with E-state index >= 15 is 0 Å². The van der Waals surface area contributed by atoms with E-state index in [0.29, 0.717) is 25.1 Å². The SMILES string of the molecule is N#Cc1ccc(CN(CC(=O)O)[C@@H]2CN[C@H](C(=O)N3CCSC3)C2)cc1. The lowest BCUT2D eigenvalue weighted by Crippen LogP contribution is -2.42. The number of carboxylic acid groups (broad SMARTS) is 1. The van der Waals surface area contributed by atoms with Gasteiger partial charge >= 0.3 is 5.97 Å². The number of carboxylic acids is 1. The predicted molar refractivity (Wildman–Crippen MR) is 98.4 cm³/mol. The summed E-state index contributed by atoms with van der Waals surface area (Å²) in [4.78, 5) is 27.6. The highest BCUT2D eigenvalue weighted by Crippen LogP contribution is 2.21. The largest absolute Gasteiger partial charge is 0.480 e. The predicted octanol–water partition coefficient (Wildman–Crippen LogP) is 0.708. The first-order valence-electron chi connectivity index (χ1n) is 8.61. The number of hydrogen-bond donors (Lipinski definition) is 2. The van der Waals surface area contributed by atoms with Gasteiger partial charge in [-0.25, -0.2) is 0 Å². The molecule has 0 aliphatic carbocycles. The number of rotatable bonds is 6. The van der Waals surface area contributed by atoms with Crippen LogP contribution in [-0.2, 0) is 16.1 Å². The molecule has 1 aromatic carbocycles. The van der Waals surface area contributed by atoms with Crippen LogP contribution in [0.25, 0.3) is 0 Å². The average Bonchev–Trinajstić information content (AvgIpc) is 3.33. The van der Waals surface area contributed by atoms with E-state index in [1.807, 2.05) is 21.9 Å². The van der Waals surface area contributed by atoms with E-state index in [1.54, 1.807) is 23.9 Å². The quantitative estimate of drug-likeness (QED) is 0.757. The molecule has 3 rings (SSSR count). The minimum atomic E-state index is -0.885. The smallest absolute Gasteiger partial charge is 0.317 e. The van der Waals surface area contributed by atoms with Crippen LogP contribution in [0.1, 0.15) is 17.5 Å². The van der Waals surface area contributed by atoms with E-state index in [9.17, 15) is 14.7 Å². The molecule has 8 heteroatoms. The Kier molecular flexibility index (Phi) is 6.14. The Morgan fingerprint density at radius 1 is 1.38 bits per heavy atom. The van der Waals surface area contributed by atoms with Gasteiger partial charge < -0.3 is 15.3 Å². The second-order valence-electron chi connectivity index (χ2n) is 6.60. The summed E-state index contributed by atoms with van der Waals surface area (Å²) in [6, 6.07) is 8.99. The Morgan fingerprint density at radius 3 is 2.77 bits per heavy atom. The van der Waals surface area contributed by atoms with Gasteiger partial charge in [-0.15, -0.1) is 11.8 Å². The zero-order valence-corrected chi connectivity index (χ0v) is 15.2.